The van der Waals surface area contributed by atoms with Crippen molar-refractivity contribution in [1.29, 1.82) is 5.26 Å². The van der Waals surface area contributed by atoms with Crippen LogP contribution in [0, 0.1) is 11.3 Å². The first kappa shape index (κ1) is 25.4. The Kier molecular flexibility index (Phi) is 6.87. The first-order valence-electron chi connectivity index (χ1n) is 12.8. The quantitative estimate of drug-likeness (QED) is 0.462. The zero-order chi connectivity index (χ0) is 26.8. The molecular weight excluding hydrogens is 484 g/mol. The van der Waals surface area contributed by atoms with E-state index < -0.39 is 23.0 Å². The molecule has 10 nitrogen and oxygen atoms in total. The van der Waals surface area contributed by atoms with E-state index in [1.807, 2.05) is 53.2 Å². The number of imidazole rings is 1. The molecule has 38 heavy (non-hydrogen) atoms. The minimum atomic E-state index is -1.40. The number of imide groups is 1. The summed E-state index contributed by atoms with van der Waals surface area (Å²) >= 11 is 0. The minimum Gasteiger partial charge on any atom is -0.381 e. The normalized spacial score (nSPS) is 21.1. The lowest BCUT2D eigenvalue weighted by molar-refractivity contribution is -0.133. The Morgan fingerprint density at radius 1 is 1.13 bits per heavy atom. The number of nitrogens with one attached hydrogen (secondary N) is 1. The van der Waals surface area contributed by atoms with Crippen molar-refractivity contribution in [3.05, 3.63) is 66.7 Å². The molecule has 0 spiro atoms. The van der Waals surface area contributed by atoms with E-state index in [0.717, 1.165) is 10.8 Å². The van der Waals surface area contributed by atoms with Gasteiger partial charge in [0.1, 0.15) is 17.6 Å². The number of nitrogens with zero attached hydrogens (tertiary/aromatic N) is 5. The summed E-state index contributed by atoms with van der Waals surface area (Å²) in [7, 11) is 0. The number of aryl methyl sites for hydroxylation is 1. The van der Waals surface area contributed by atoms with Crippen LogP contribution >= 0.6 is 0 Å². The zero-order valence-corrected chi connectivity index (χ0v) is 21.3. The molecule has 3 heterocycles. The summed E-state index contributed by atoms with van der Waals surface area (Å²) in [5, 5.41) is 14.4. The molecule has 1 atom stereocenters. The summed E-state index contributed by atoms with van der Waals surface area (Å²) in [5.41, 5.74) is -1.80. The van der Waals surface area contributed by atoms with Gasteiger partial charge in [-0.1, -0.05) is 42.5 Å². The number of carbonyl (C=O) groups is 3. The molecule has 0 bridgehead atoms. The topological polar surface area (TPSA) is 121 Å². The van der Waals surface area contributed by atoms with Crippen LogP contribution in [-0.2, 0) is 26.4 Å². The van der Waals surface area contributed by atoms with Crippen LogP contribution < -0.4 is 5.32 Å². The zero-order valence-electron chi connectivity index (χ0n) is 21.3. The van der Waals surface area contributed by atoms with Gasteiger partial charge in [0.25, 0.3) is 5.91 Å². The molecule has 4 amide bonds. The van der Waals surface area contributed by atoms with Crippen molar-refractivity contribution in [2.75, 3.05) is 26.3 Å². The third kappa shape index (κ3) is 4.50. The monoisotopic (exact) mass is 514 g/mol. The van der Waals surface area contributed by atoms with Gasteiger partial charge in [-0.3, -0.25) is 19.4 Å². The Labute approximate surface area is 220 Å². The Bertz CT molecular complexity index is 1390. The second kappa shape index (κ2) is 10.3. The molecule has 1 N–H and O–H groups in total. The smallest absolute Gasteiger partial charge is 0.328 e. The van der Waals surface area contributed by atoms with Gasteiger partial charge in [0.05, 0.1) is 12.4 Å². The minimum absolute atomic E-state index is 0.202. The molecular formula is C28H30N6O4. The van der Waals surface area contributed by atoms with Crippen molar-refractivity contribution in [3.63, 3.8) is 0 Å². The summed E-state index contributed by atoms with van der Waals surface area (Å²) < 4.78 is 7.24. The maximum atomic E-state index is 14.0. The van der Waals surface area contributed by atoms with Crippen LogP contribution in [0.1, 0.15) is 31.7 Å². The highest BCUT2D eigenvalue weighted by atomic mass is 16.5. The highest BCUT2D eigenvalue weighted by Gasteiger charge is 2.56. The lowest BCUT2D eigenvalue weighted by Crippen LogP contribution is -2.55. The van der Waals surface area contributed by atoms with E-state index in [1.165, 1.54) is 9.80 Å². The molecule has 2 aromatic carbocycles. The fourth-order valence-corrected chi connectivity index (χ4v) is 5.40. The van der Waals surface area contributed by atoms with Gasteiger partial charge in [0, 0.05) is 51.5 Å². The molecule has 0 radical (unpaired) electrons. The molecule has 0 saturated carbocycles. The Morgan fingerprint density at radius 2 is 1.89 bits per heavy atom. The highest BCUT2D eigenvalue weighted by molar-refractivity contribution is 6.10. The van der Waals surface area contributed by atoms with E-state index >= 15 is 0 Å². The van der Waals surface area contributed by atoms with Gasteiger partial charge in [-0.05, 0) is 29.7 Å². The van der Waals surface area contributed by atoms with Crippen molar-refractivity contribution in [3.8, 4) is 6.07 Å². The molecule has 0 aliphatic carbocycles. The van der Waals surface area contributed by atoms with Crippen LogP contribution in [-0.4, -0.2) is 69.0 Å². The van der Waals surface area contributed by atoms with Crippen molar-refractivity contribution >= 4 is 28.6 Å². The number of hydrogen-bond acceptors (Lipinski definition) is 6. The molecule has 3 aromatic rings. The second-order valence-electron chi connectivity index (χ2n) is 9.93. The summed E-state index contributed by atoms with van der Waals surface area (Å²) in [5.74, 6) is -0.861. The van der Waals surface area contributed by atoms with Gasteiger partial charge in [-0.2, -0.15) is 5.26 Å². The maximum absolute atomic E-state index is 14.0. The van der Waals surface area contributed by atoms with Gasteiger partial charge in [0.2, 0.25) is 5.91 Å². The van der Waals surface area contributed by atoms with Gasteiger partial charge in [0.15, 0.2) is 0 Å². The van der Waals surface area contributed by atoms with Crippen LogP contribution in [0.5, 0.6) is 0 Å². The number of carbonyl (C=O) groups excluding carboxylic acids is 3. The summed E-state index contributed by atoms with van der Waals surface area (Å²) in [6.45, 7) is 2.88. The van der Waals surface area contributed by atoms with E-state index in [1.54, 1.807) is 19.4 Å². The SMILES string of the molecule is CC1(c2cccc3ccccc23)C(=O)N(CCCn2ccnc2)C(=O)N1CC(=O)NC1(C#N)CCOCC1. The Hall–Kier alpha value is -4.23. The molecule has 2 saturated heterocycles. The van der Waals surface area contributed by atoms with E-state index in [4.69, 9.17) is 4.74 Å². The largest absolute Gasteiger partial charge is 0.381 e. The summed E-state index contributed by atoms with van der Waals surface area (Å²) in [6.07, 6.45) is 6.46. The molecule has 5 rings (SSSR count). The lowest BCUT2D eigenvalue weighted by atomic mass is 9.86. The first-order chi connectivity index (χ1) is 18.4. The van der Waals surface area contributed by atoms with E-state index in [0.29, 0.717) is 44.6 Å². The molecule has 1 aromatic heterocycles. The number of aromatic nitrogens is 2. The van der Waals surface area contributed by atoms with Crippen LogP contribution in [0.25, 0.3) is 10.8 Å². The van der Waals surface area contributed by atoms with Crippen molar-refractivity contribution in [2.24, 2.45) is 0 Å². The molecule has 196 valence electrons. The Balaban J connectivity index is 1.46. The predicted octanol–water partition coefficient (Wildman–Crippen LogP) is 2.79. The van der Waals surface area contributed by atoms with Crippen molar-refractivity contribution < 1.29 is 19.1 Å². The fourth-order valence-electron chi connectivity index (χ4n) is 5.40. The summed E-state index contributed by atoms with van der Waals surface area (Å²) in [4.78, 5) is 47.7. The number of ether oxygens (including phenoxy) is 1. The Morgan fingerprint density at radius 3 is 2.63 bits per heavy atom. The van der Waals surface area contributed by atoms with Gasteiger partial charge < -0.3 is 14.6 Å². The number of benzene rings is 2. The average Bonchev–Trinajstić information content (AvgIpc) is 3.52. The summed E-state index contributed by atoms with van der Waals surface area (Å²) in [6, 6.07) is 15.0. The number of fused-ring (bicyclic) bond motifs is 1. The van der Waals surface area contributed by atoms with E-state index in [-0.39, 0.29) is 19.0 Å². The van der Waals surface area contributed by atoms with E-state index in [2.05, 4.69) is 16.4 Å². The second-order valence-corrected chi connectivity index (χ2v) is 9.93. The predicted molar refractivity (Wildman–Crippen MR) is 138 cm³/mol. The van der Waals surface area contributed by atoms with Gasteiger partial charge >= 0.3 is 6.03 Å². The third-order valence-corrected chi connectivity index (χ3v) is 7.58. The van der Waals surface area contributed by atoms with Crippen LogP contribution in [0.4, 0.5) is 4.79 Å². The fraction of sp³-hybridized carbons (Fsp3) is 0.393. The lowest BCUT2D eigenvalue weighted by Gasteiger charge is -2.35. The number of urea groups is 1. The highest BCUT2D eigenvalue weighted by Crippen LogP contribution is 2.40. The van der Waals surface area contributed by atoms with E-state index in [9.17, 15) is 19.6 Å². The number of hydrogen-bond donors (Lipinski definition) is 1. The van der Waals surface area contributed by atoms with Crippen molar-refractivity contribution in [2.45, 2.75) is 43.8 Å². The number of rotatable bonds is 8. The number of amides is 4. The first-order valence-corrected chi connectivity index (χ1v) is 12.8. The molecule has 2 aliphatic heterocycles. The van der Waals surface area contributed by atoms with Gasteiger partial charge in [-0.15, -0.1) is 0 Å². The average molecular weight is 515 g/mol. The van der Waals surface area contributed by atoms with Gasteiger partial charge in [-0.25, -0.2) is 9.78 Å². The third-order valence-electron chi connectivity index (χ3n) is 7.58. The number of nitriles is 1. The molecule has 10 heteroatoms. The van der Waals surface area contributed by atoms with Crippen molar-refractivity contribution in [1.82, 2.24) is 24.7 Å². The van der Waals surface area contributed by atoms with Crippen LogP contribution in [0.2, 0.25) is 0 Å². The maximum Gasteiger partial charge on any atom is 0.328 e. The van der Waals surface area contributed by atoms with Crippen LogP contribution in [0.15, 0.2) is 61.2 Å². The molecule has 1 unspecified atom stereocenters. The van der Waals surface area contributed by atoms with Crippen LogP contribution in [0.3, 0.4) is 0 Å². The standard InChI is InChI=1S/C28H30N6O4/c1-27(23-9-4-7-21-6-2-3-8-22(21)23)25(36)33(14-5-13-32-15-12-30-20-32)26(37)34(27)18-24(35)31-28(19-29)10-16-38-17-11-28/h2-4,6-9,12,15,20H,5,10-11,13-14,16-18H2,1H3,(H,31,35). The molecule has 2 fully saturated rings. The molecule has 2 aliphatic rings.